The number of hydrogen-bond donors (Lipinski definition) is 2. The predicted octanol–water partition coefficient (Wildman–Crippen LogP) is 6.19. The molecule has 1 unspecified atom stereocenters. The van der Waals surface area contributed by atoms with E-state index in [-0.39, 0.29) is 0 Å². The van der Waals surface area contributed by atoms with Gasteiger partial charge >= 0.3 is 12.1 Å². The number of methoxy groups -OCH3 is 1. The molecule has 0 radical (unpaired) electrons. The Morgan fingerprint density at radius 1 is 0.947 bits per heavy atom. The maximum Gasteiger partial charge on any atom is 0.413 e. The number of ether oxygens (including phenoxy) is 2. The molecule has 0 spiro atoms. The first kappa shape index (κ1) is 25.1. The number of amides is 1. The Morgan fingerprint density at radius 3 is 2.08 bits per heavy atom. The molecular formula is C30H29N3O5. The van der Waals surface area contributed by atoms with Crippen molar-refractivity contribution >= 4 is 17.9 Å². The predicted molar refractivity (Wildman–Crippen MR) is 144 cm³/mol. The summed E-state index contributed by atoms with van der Waals surface area (Å²) in [5.74, 6) is -0.309. The smallest absolute Gasteiger partial charge is 0.413 e. The standard InChI is InChI=1S/C30H29N3O5/c1-19(20-7-5-4-6-8-20)38-29(36)32-26-25(31-28(37-3)33(26)2)23-11-9-21(10-12-23)22-13-15-24(16-14-22)30(17-18-30)27(34)35/h4-16,19H,17-18H2,1-3H3,(H,32,36)(H,34,35). The molecule has 1 saturated carbocycles. The van der Waals surface area contributed by atoms with E-state index in [1.165, 1.54) is 7.11 Å². The first-order valence-electron chi connectivity index (χ1n) is 12.4. The van der Waals surface area contributed by atoms with Crippen LogP contribution in [0, 0.1) is 0 Å². The first-order chi connectivity index (χ1) is 18.3. The molecular weight excluding hydrogens is 482 g/mol. The number of nitrogens with zero attached hydrogens (tertiary/aromatic N) is 2. The van der Waals surface area contributed by atoms with E-state index in [0.717, 1.165) is 27.8 Å². The van der Waals surface area contributed by atoms with E-state index in [2.05, 4.69) is 10.3 Å². The lowest BCUT2D eigenvalue weighted by Crippen LogP contribution is -2.19. The van der Waals surface area contributed by atoms with Crippen LogP contribution in [0.1, 0.15) is 37.0 Å². The van der Waals surface area contributed by atoms with Gasteiger partial charge in [-0.1, -0.05) is 78.9 Å². The van der Waals surface area contributed by atoms with Gasteiger partial charge in [0, 0.05) is 12.6 Å². The van der Waals surface area contributed by atoms with Crippen molar-refractivity contribution in [2.45, 2.75) is 31.3 Å². The highest BCUT2D eigenvalue weighted by Gasteiger charge is 2.51. The number of carbonyl (C=O) groups is 2. The number of aliphatic carboxylic acids is 1. The zero-order valence-electron chi connectivity index (χ0n) is 21.5. The van der Waals surface area contributed by atoms with Crippen LogP contribution in [0.2, 0.25) is 0 Å². The number of carboxylic acid groups (broad SMARTS) is 1. The van der Waals surface area contributed by atoms with E-state index >= 15 is 0 Å². The molecule has 0 aliphatic heterocycles. The Hall–Kier alpha value is -4.59. The number of carbonyl (C=O) groups excluding carboxylic acids is 1. The Morgan fingerprint density at radius 2 is 1.53 bits per heavy atom. The molecule has 5 rings (SSSR count). The average Bonchev–Trinajstić information content (AvgIpc) is 3.70. The highest BCUT2D eigenvalue weighted by molar-refractivity contribution is 5.90. The lowest BCUT2D eigenvalue weighted by Gasteiger charge is -2.15. The zero-order valence-corrected chi connectivity index (χ0v) is 21.5. The van der Waals surface area contributed by atoms with Gasteiger partial charge in [-0.3, -0.25) is 14.7 Å². The molecule has 1 amide bonds. The summed E-state index contributed by atoms with van der Waals surface area (Å²) in [5, 5.41) is 12.4. The van der Waals surface area contributed by atoms with Gasteiger partial charge in [0.05, 0.1) is 12.5 Å². The lowest BCUT2D eigenvalue weighted by molar-refractivity contribution is -0.140. The Balaban J connectivity index is 1.35. The van der Waals surface area contributed by atoms with E-state index in [0.29, 0.717) is 30.4 Å². The van der Waals surface area contributed by atoms with E-state index < -0.39 is 23.6 Å². The molecule has 8 nitrogen and oxygen atoms in total. The van der Waals surface area contributed by atoms with Crippen molar-refractivity contribution in [1.82, 2.24) is 9.55 Å². The fraction of sp³-hybridized carbons (Fsp3) is 0.233. The summed E-state index contributed by atoms with van der Waals surface area (Å²) in [6.07, 6.45) is 0.336. The minimum absolute atomic E-state index is 0.346. The summed E-state index contributed by atoms with van der Waals surface area (Å²) in [6, 6.07) is 25.4. The number of imidazole rings is 1. The van der Waals surface area contributed by atoms with E-state index in [4.69, 9.17) is 9.47 Å². The van der Waals surface area contributed by atoms with Gasteiger partial charge in [-0.2, -0.15) is 4.98 Å². The summed E-state index contributed by atoms with van der Waals surface area (Å²) >= 11 is 0. The molecule has 8 heteroatoms. The summed E-state index contributed by atoms with van der Waals surface area (Å²) in [5.41, 5.74) is 4.32. The number of hydrogen-bond acceptors (Lipinski definition) is 5. The van der Waals surface area contributed by atoms with Gasteiger partial charge in [-0.15, -0.1) is 0 Å². The van der Waals surface area contributed by atoms with Crippen LogP contribution in [0.15, 0.2) is 78.9 Å². The third kappa shape index (κ3) is 4.72. The molecule has 1 atom stereocenters. The van der Waals surface area contributed by atoms with Crippen LogP contribution in [0.4, 0.5) is 10.6 Å². The minimum atomic E-state index is -0.761. The molecule has 194 valence electrons. The van der Waals surface area contributed by atoms with Crippen LogP contribution in [0.5, 0.6) is 6.01 Å². The molecule has 38 heavy (non-hydrogen) atoms. The van der Waals surface area contributed by atoms with Crippen LogP contribution in [0.3, 0.4) is 0 Å². The van der Waals surface area contributed by atoms with Crippen molar-refractivity contribution in [3.05, 3.63) is 90.0 Å². The van der Waals surface area contributed by atoms with Crippen LogP contribution < -0.4 is 10.1 Å². The van der Waals surface area contributed by atoms with Crippen molar-refractivity contribution in [3.63, 3.8) is 0 Å². The molecule has 1 aromatic heterocycles. The lowest BCUT2D eigenvalue weighted by atomic mass is 9.93. The van der Waals surface area contributed by atoms with Crippen molar-refractivity contribution in [2.24, 2.45) is 7.05 Å². The largest absolute Gasteiger partial charge is 0.481 e. The normalized spacial score (nSPS) is 14.4. The monoisotopic (exact) mass is 511 g/mol. The molecule has 1 heterocycles. The number of benzene rings is 3. The van der Waals surface area contributed by atoms with Crippen LogP contribution in [-0.4, -0.2) is 33.8 Å². The molecule has 3 aromatic carbocycles. The maximum absolute atomic E-state index is 12.8. The highest BCUT2D eigenvalue weighted by Crippen LogP contribution is 2.48. The second kappa shape index (κ2) is 10.0. The quantitative estimate of drug-likeness (QED) is 0.292. The van der Waals surface area contributed by atoms with Crippen LogP contribution in [-0.2, 0) is 22.0 Å². The number of carboxylic acids is 1. The van der Waals surface area contributed by atoms with E-state index in [9.17, 15) is 14.7 Å². The molecule has 0 saturated heterocycles. The van der Waals surface area contributed by atoms with Gasteiger partial charge in [-0.05, 0) is 42.0 Å². The minimum Gasteiger partial charge on any atom is -0.481 e. The van der Waals surface area contributed by atoms with Crippen molar-refractivity contribution in [2.75, 3.05) is 12.4 Å². The fourth-order valence-electron chi connectivity index (χ4n) is 4.64. The number of aromatic nitrogens is 2. The first-order valence-corrected chi connectivity index (χ1v) is 12.4. The SMILES string of the molecule is COc1nc(-c2ccc(-c3ccc(C4(C(=O)O)CC4)cc3)cc2)c(NC(=O)OC(C)c2ccccc2)n1C. The topological polar surface area (TPSA) is 103 Å². The van der Waals surface area contributed by atoms with Gasteiger partial charge in [0.15, 0.2) is 0 Å². The van der Waals surface area contributed by atoms with Crippen molar-refractivity contribution in [3.8, 4) is 28.4 Å². The van der Waals surface area contributed by atoms with Crippen molar-refractivity contribution < 1.29 is 24.2 Å². The molecule has 1 aliphatic rings. The summed E-state index contributed by atoms with van der Waals surface area (Å²) in [4.78, 5) is 28.9. The summed E-state index contributed by atoms with van der Waals surface area (Å²) < 4.78 is 12.6. The van der Waals surface area contributed by atoms with E-state index in [1.807, 2.05) is 85.8 Å². The van der Waals surface area contributed by atoms with Crippen molar-refractivity contribution in [1.29, 1.82) is 0 Å². The third-order valence-electron chi connectivity index (χ3n) is 7.10. The third-order valence-corrected chi connectivity index (χ3v) is 7.10. The number of anilines is 1. The molecule has 1 aliphatic carbocycles. The number of nitrogens with one attached hydrogen (secondary N) is 1. The Bertz CT molecular complexity index is 1460. The Labute approximate surface area is 220 Å². The van der Waals surface area contributed by atoms with Gasteiger partial charge in [0.25, 0.3) is 6.01 Å². The molecule has 4 aromatic rings. The van der Waals surface area contributed by atoms with Crippen LogP contribution in [0.25, 0.3) is 22.4 Å². The van der Waals surface area contributed by atoms with Gasteiger partial charge in [0.2, 0.25) is 0 Å². The zero-order chi connectivity index (χ0) is 26.9. The number of rotatable bonds is 8. The van der Waals surface area contributed by atoms with Gasteiger partial charge in [0.1, 0.15) is 17.6 Å². The van der Waals surface area contributed by atoms with Gasteiger partial charge in [-0.25, -0.2) is 4.79 Å². The van der Waals surface area contributed by atoms with E-state index in [1.54, 1.807) is 11.6 Å². The fourth-order valence-corrected chi connectivity index (χ4v) is 4.64. The van der Waals surface area contributed by atoms with Gasteiger partial charge < -0.3 is 14.6 Å². The second-order valence-corrected chi connectivity index (χ2v) is 9.48. The Kier molecular flexibility index (Phi) is 6.63. The second-order valence-electron chi connectivity index (χ2n) is 9.48. The highest BCUT2D eigenvalue weighted by atomic mass is 16.6. The molecule has 2 N–H and O–H groups in total. The summed E-state index contributed by atoms with van der Waals surface area (Å²) in [6.45, 7) is 1.82. The average molecular weight is 512 g/mol. The maximum atomic E-state index is 12.8. The summed E-state index contributed by atoms with van der Waals surface area (Å²) in [7, 11) is 3.28. The molecule has 1 fully saturated rings. The molecule has 0 bridgehead atoms. The van der Waals surface area contributed by atoms with Crippen LogP contribution >= 0.6 is 0 Å².